The SMILES string of the molecule is OCC1CCC(CCl)CC1. The minimum Gasteiger partial charge on any atom is -0.396 e. The van der Waals surface area contributed by atoms with Crippen LogP contribution in [0.3, 0.4) is 0 Å². The molecule has 10 heavy (non-hydrogen) atoms. The van der Waals surface area contributed by atoms with Gasteiger partial charge in [0.15, 0.2) is 0 Å². The molecule has 1 fully saturated rings. The Morgan fingerprint density at radius 1 is 1.10 bits per heavy atom. The molecule has 0 aromatic carbocycles. The number of hydrogen-bond donors (Lipinski definition) is 1. The van der Waals surface area contributed by atoms with Crippen molar-refractivity contribution in [2.45, 2.75) is 25.7 Å². The van der Waals surface area contributed by atoms with E-state index in [9.17, 15) is 0 Å². The first-order chi connectivity index (χ1) is 4.86. The van der Waals surface area contributed by atoms with Crippen molar-refractivity contribution in [3.63, 3.8) is 0 Å². The molecule has 1 rings (SSSR count). The highest BCUT2D eigenvalue weighted by Crippen LogP contribution is 2.28. The molecule has 1 aliphatic rings. The lowest BCUT2D eigenvalue weighted by Crippen LogP contribution is -2.17. The first-order valence-electron chi connectivity index (χ1n) is 4.03. The van der Waals surface area contributed by atoms with Crippen LogP contribution in [0.25, 0.3) is 0 Å². The molecule has 1 saturated carbocycles. The second-order valence-corrected chi connectivity index (χ2v) is 3.53. The molecular formula is C8H15ClO. The first-order valence-corrected chi connectivity index (χ1v) is 4.57. The van der Waals surface area contributed by atoms with Crippen LogP contribution in [0.2, 0.25) is 0 Å². The second-order valence-electron chi connectivity index (χ2n) is 3.22. The van der Waals surface area contributed by atoms with E-state index >= 15 is 0 Å². The van der Waals surface area contributed by atoms with Crippen molar-refractivity contribution in [1.82, 2.24) is 0 Å². The zero-order chi connectivity index (χ0) is 7.40. The Hall–Kier alpha value is 0.250. The quantitative estimate of drug-likeness (QED) is 0.616. The van der Waals surface area contributed by atoms with Crippen LogP contribution in [0.5, 0.6) is 0 Å². The molecule has 0 bridgehead atoms. The van der Waals surface area contributed by atoms with Crippen molar-refractivity contribution >= 4 is 11.6 Å². The standard InChI is InChI=1S/C8H15ClO/c9-5-7-1-3-8(6-10)4-2-7/h7-8,10H,1-6H2. The summed E-state index contributed by atoms with van der Waals surface area (Å²) in [5.74, 6) is 2.10. The summed E-state index contributed by atoms with van der Waals surface area (Å²) < 4.78 is 0. The number of alkyl halides is 1. The minimum absolute atomic E-state index is 0.370. The third-order valence-corrected chi connectivity index (χ3v) is 2.88. The summed E-state index contributed by atoms with van der Waals surface area (Å²) in [5, 5.41) is 8.82. The van der Waals surface area contributed by atoms with Crippen LogP contribution in [0, 0.1) is 11.8 Å². The van der Waals surface area contributed by atoms with Crippen LogP contribution in [-0.2, 0) is 0 Å². The van der Waals surface area contributed by atoms with Crippen molar-refractivity contribution in [3.05, 3.63) is 0 Å². The van der Waals surface area contributed by atoms with E-state index < -0.39 is 0 Å². The lowest BCUT2D eigenvalue weighted by Gasteiger charge is -2.25. The maximum Gasteiger partial charge on any atom is 0.0459 e. The molecule has 1 N–H and O–H groups in total. The van der Waals surface area contributed by atoms with Gasteiger partial charge in [0, 0.05) is 12.5 Å². The molecule has 0 aromatic heterocycles. The van der Waals surface area contributed by atoms with E-state index in [-0.39, 0.29) is 0 Å². The monoisotopic (exact) mass is 162 g/mol. The van der Waals surface area contributed by atoms with Gasteiger partial charge < -0.3 is 5.11 Å². The first kappa shape index (κ1) is 8.35. The van der Waals surface area contributed by atoms with Crippen molar-refractivity contribution < 1.29 is 5.11 Å². The number of halogens is 1. The molecule has 0 aromatic rings. The lowest BCUT2D eigenvalue weighted by atomic mass is 9.83. The summed E-state index contributed by atoms with van der Waals surface area (Å²) in [7, 11) is 0. The van der Waals surface area contributed by atoms with Crippen LogP contribution in [0.1, 0.15) is 25.7 Å². The molecule has 0 radical (unpaired) electrons. The highest BCUT2D eigenvalue weighted by Gasteiger charge is 2.19. The fourth-order valence-corrected chi connectivity index (χ4v) is 1.88. The summed E-state index contributed by atoms with van der Waals surface area (Å²) in [6.07, 6.45) is 4.78. The molecule has 0 saturated heterocycles. The average Bonchev–Trinajstić information content (AvgIpc) is 2.05. The average molecular weight is 163 g/mol. The molecule has 0 unspecified atom stereocenters. The lowest BCUT2D eigenvalue weighted by molar-refractivity contribution is 0.172. The number of aliphatic hydroxyl groups is 1. The maximum absolute atomic E-state index is 8.82. The van der Waals surface area contributed by atoms with Gasteiger partial charge in [0.1, 0.15) is 0 Å². The van der Waals surface area contributed by atoms with Gasteiger partial charge >= 0.3 is 0 Å². The van der Waals surface area contributed by atoms with Crippen molar-refractivity contribution in [2.75, 3.05) is 12.5 Å². The van der Waals surface area contributed by atoms with E-state index in [0.717, 1.165) is 11.8 Å². The fourth-order valence-electron chi connectivity index (χ4n) is 1.57. The van der Waals surface area contributed by atoms with Crippen LogP contribution in [-0.4, -0.2) is 17.6 Å². The Morgan fingerprint density at radius 2 is 1.60 bits per heavy atom. The molecule has 0 heterocycles. The minimum atomic E-state index is 0.370. The Morgan fingerprint density at radius 3 is 2.00 bits per heavy atom. The largest absolute Gasteiger partial charge is 0.396 e. The summed E-state index contributed by atoms with van der Waals surface area (Å²) in [5.41, 5.74) is 0. The molecule has 2 heteroatoms. The second kappa shape index (κ2) is 4.20. The van der Waals surface area contributed by atoms with Gasteiger partial charge in [-0.2, -0.15) is 0 Å². The smallest absolute Gasteiger partial charge is 0.0459 e. The molecule has 60 valence electrons. The summed E-state index contributed by atoms with van der Waals surface area (Å²) in [6.45, 7) is 0.370. The number of hydrogen-bond acceptors (Lipinski definition) is 1. The van der Waals surface area contributed by atoms with E-state index in [1.54, 1.807) is 0 Å². The molecule has 0 spiro atoms. The van der Waals surface area contributed by atoms with Crippen molar-refractivity contribution in [3.8, 4) is 0 Å². The Labute approximate surface area is 67.4 Å². The Bertz CT molecular complexity index is 75.3. The Balaban J connectivity index is 2.17. The predicted molar refractivity (Wildman–Crippen MR) is 43.3 cm³/mol. The highest BCUT2D eigenvalue weighted by atomic mass is 35.5. The third kappa shape index (κ3) is 2.14. The third-order valence-electron chi connectivity index (χ3n) is 2.44. The van der Waals surface area contributed by atoms with Gasteiger partial charge in [-0.1, -0.05) is 0 Å². The zero-order valence-corrected chi connectivity index (χ0v) is 6.98. The molecular weight excluding hydrogens is 148 g/mol. The molecule has 0 atom stereocenters. The number of aliphatic hydroxyl groups excluding tert-OH is 1. The summed E-state index contributed by atoms with van der Waals surface area (Å²) in [6, 6.07) is 0. The van der Waals surface area contributed by atoms with E-state index in [2.05, 4.69) is 0 Å². The topological polar surface area (TPSA) is 20.2 Å². The molecule has 1 aliphatic carbocycles. The fraction of sp³-hybridized carbons (Fsp3) is 1.00. The van der Waals surface area contributed by atoms with Crippen molar-refractivity contribution in [2.24, 2.45) is 11.8 Å². The van der Waals surface area contributed by atoms with Gasteiger partial charge in [-0.15, -0.1) is 11.6 Å². The van der Waals surface area contributed by atoms with Crippen LogP contribution >= 0.6 is 11.6 Å². The highest BCUT2D eigenvalue weighted by molar-refractivity contribution is 6.18. The van der Waals surface area contributed by atoms with Crippen LogP contribution in [0.4, 0.5) is 0 Å². The van der Waals surface area contributed by atoms with E-state index in [0.29, 0.717) is 12.5 Å². The molecule has 1 nitrogen and oxygen atoms in total. The van der Waals surface area contributed by atoms with Gasteiger partial charge in [-0.3, -0.25) is 0 Å². The maximum atomic E-state index is 8.82. The van der Waals surface area contributed by atoms with Crippen LogP contribution < -0.4 is 0 Å². The van der Waals surface area contributed by atoms with Gasteiger partial charge in [-0.25, -0.2) is 0 Å². The van der Waals surface area contributed by atoms with Gasteiger partial charge in [0.05, 0.1) is 0 Å². The predicted octanol–water partition coefficient (Wildman–Crippen LogP) is 2.02. The normalized spacial score (nSPS) is 34.2. The summed E-state index contributed by atoms with van der Waals surface area (Å²) >= 11 is 5.71. The van der Waals surface area contributed by atoms with Gasteiger partial charge in [0.25, 0.3) is 0 Å². The molecule has 0 amide bonds. The number of rotatable bonds is 2. The van der Waals surface area contributed by atoms with E-state index in [1.165, 1.54) is 25.7 Å². The Kier molecular flexibility index (Phi) is 3.50. The molecule has 0 aliphatic heterocycles. The summed E-state index contributed by atoms with van der Waals surface area (Å²) in [4.78, 5) is 0. The zero-order valence-electron chi connectivity index (χ0n) is 6.22. The van der Waals surface area contributed by atoms with Crippen LogP contribution in [0.15, 0.2) is 0 Å². The van der Waals surface area contributed by atoms with Crippen molar-refractivity contribution in [1.29, 1.82) is 0 Å². The van der Waals surface area contributed by atoms with Gasteiger partial charge in [0.2, 0.25) is 0 Å². The van der Waals surface area contributed by atoms with E-state index in [4.69, 9.17) is 16.7 Å². The van der Waals surface area contributed by atoms with Gasteiger partial charge in [-0.05, 0) is 37.5 Å². The van der Waals surface area contributed by atoms with E-state index in [1.807, 2.05) is 0 Å².